The van der Waals surface area contributed by atoms with Crippen LogP contribution in [0.4, 0.5) is 16.3 Å². The SMILES string of the molecule is COC(=O)NC1CCN(c2ncnc3cc(N)ccc23)C1. The Morgan fingerprint density at radius 3 is 3.14 bits per heavy atom. The summed E-state index contributed by atoms with van der Waals surface area (Å²) < 4.78 is 4.63. The number of alkyl carbamates (subject to hydrolysis) is 1. The monoisotopic (exact) mass is 287 g/mol. The molecular formula is C14H17N5O2. The van der Waals surface area contributed by atoms with E-state index in [9.17, 15) is 4.79 Å². The predicted molar refractivity (Wildman–Crippen MR) is 80.1 cm³/mol. The number of nitrogens with one attached hydrogen (secondary N) is 1. The van der Waals surface area contributed by atoms with Crippen molar-refractivity contribution in [1.82, 2.24) is 15.3 Å². The fourth-order valence-electron chi connectivity index (χ4n) is 2.61. The molecule has 1 amide bonds. The van der Waals surface area contributed by atoms with Gasteiger partial charge in [0.15, 0.2) is 0 Å². The Hall–Kier alpha value is -2.57. The summed E-state index contributed by atoms with van der Waals surface area (Å²) in [5, 5.41) is 3.78. The maximum absolute atomic E-state index is 11.3. The predicted octanol–water partition coefficient (Wildman–Crippen LogP) is 1.15. The molecule has 110 valence electrons. The van der Waals surface area contributed by atoms with Gasteiger partial charge in [-0.05, 0) is 24.6 Å². The van der Waals surface area contributed by atoms with Gasteiger partial charge in [-0.2, -0.15) is 0 Å². The summed E-state index contributed by atoms with van der Waals surface area (Å²) >= 11 is 0. The summed E-state index contributed by atoms with van der Waals surface area (Å²) in [5.74, 6) is 0.870. The smallest absolute Gasteiger partial charge is 0.407 e. The fraction of sp³-hybridized carbons (Fsp3) is 0.357. The number of nitrogen functional groups attached to an aromatic ring is 1. The summed E-state index contributed by atoms with van der Waals surface area (Å²) in [6.45, 7) is 1.52. The van der Waals surface area contributed by atoms with Crippen molar-refractivity contribution in [3.63, 3.8) is 0 Å². The maximum Gasteiger partial charge on any atom is 0.407 e. The zero-order valence-corrected chi connectivity index (χ0v) is 11.7. The van der Waals surface area contributed by atoms with Crippen molar-refractivity contribution in [2.45, 2.75) is 12.5 Å². The first kappa shape index (κ1) is 13.4. The number of methoxy groups -OCH3 is 1. The van der Waals surface area contributed by atoms with Gasteiger partial charge in [-0.15, -0.1) is 0 Å². The third kappa shape index (κ3) is 2.67. The van der Waals surface area contributed by atoms with Gasteiger partial charge in [0.25, 0.3) is 0 Å². The minimum atomic E-state index is -0.401. The molecule has 1 saturated heterocycles. The van der Waals surface area contributed by atoms with Gasteiger partial charge in [-0.25, -0.2) is 14.8 Å². The minimum Gasteiger partial charge on any atom is -0.453 e. The number of benzene rings is 1. The van der Waals surface area contributed by atoms with Gasteiger partial charge in [0.2, 0.25) is 0 Å². The van der Waals surface area contributed by atoms with Crippen LogP contribution in [0.3, 0.4) is 0 Å². The van der Waals surface area contributed by atoms with Crippen molar-refractivity contribution in [3.05, 3.63) is 24.5 Å². The second-order valence-corrected chi connectivity index (χ2v) is 5.04. The molecule has 0 bridgehead atoms. The van der Waals surface area contributed by atoms with Crippen LogP contribution in [0.2, 0.25) is 0 Å². The molecule has 2 heterocycles. The first-order valence-electron chi connectivity index (χ1n) is 6.77. The molecule has 7 heteroatoms. The van der Waals surface area contributed by atoms with E-state index in [1.165, 1.54) is 13.4 Å². The first-order chi connectivity index (χ1) is 10.2. The van der Waals surface area contributed by atoms with Gasteiger partial charge in [-0.3, -0.25) is 0 Å². The number of rotatable bonds is 2. The molecule has 7 nitrogen and oxygen atoms in total. The Labute approximate surface area is 122 Å². The average Bonchev–Trinajstić information content (AvgIpc) is 2.94. The van der Waals surface area contributed by atoms with Gasteiger partial charge in [-0.1, -0.05) is 0 Å². The van der Waals surface area contributed by atoms with E-state index in [1.807, 2.05) is 18.2 Å². The zero-order chi connectivity index (χ0) is 14.8. The zero-order valence-electron chi connectivity index (χ0n) is 11.7. The molecule has 21 heavy (non-hydrogen) atoms. The number of hydrogen-bond acceptors (Lipinski definition) is 6. The lowest BCUT2D eigenvalue weighted by atomic mass is 10.2. The van der Waals surface area contributed by atoms with Crippen molar-refractivity contribution in [3.8, 4) is 0 Å². The number of ether oxygens (including phenoxy) is 1. The first-order valence-corrected chi connectivity index (χ1v) is 6.77. The summed E-state index contributed by atoms with van der Waals surface area (Å²) in [6, 6.07) is 5.67. The van der Waals surface area contributed by atoms with E-state index in [0.29, 0.717) is 12.2 Å². The highest BCUT2D eigenvalue weighted by Crippen LogP contribution is 2.27. The number of carbonyl (C=O) groups is 1. The molecule has 1 aromatic heterocycles. The van der Waals surface area contributed by atoms with Crippen LogP contribution in [0.25, 0.3) is 10.9 Å². The van der Waals surface area contributed by atoms with E-state index in [2.05, 4.69) is 24.9 Å². The molecule has 1 aliphatic heterocycles. The highest BCUT2D eigenvalue weighted by molar-refractivity contribution is 5.91. The molecule has 1 aliphatic rings. The summed E-state index contributed by atoms with van der Waals surface area (Å²) in [5.41, 5.74) is 7.29. The van der Waals surface area contributed by atoms with Crippen LogP contribution in [-0.4, -0.2) is 42.3 Å². The normalized spacial score (nSPS) is 18.0. The standard InChI is InChI=1S/C14H17N5O2/c1-21-14(20)18-10-4-5-19(7-10)13-11-3-2-9(15)6-12(11)16-8-17-13/h2-3,6,8,10H,4-5,7,15H2,1H3,(H,18,20). The van der Waals surface area contributed by atoms with Crippen LogP contribution < -0.4 is 16.0 Å². The Bertz CT molecular complexity index is 675. The van der Waals surface area contributed by atoms with Gasteiger partial charge >= 0.3 is 6.09 Å². The Balaban J connectivity index is 1.83. The lowest BCUT2D eigenvalue weighted by Crippen LogP contribution is -2.37. The highest BCUT2D eigenvalue weighted by Gasteiger charge is 2.26. The Morgan fingerprint density at radius 2 is 2.33 bits per heavy atom. The number of nitrogens with zero attached hydrogens (tertiary/aromatic N) is 3. The van der Waals surface area contributed by atoms with Crippen LogP contribution in [-0.2, 0) is 4.74 Å². The van der Waals surface area contributed by atoms with Crippen molar-refractivity contribution in [2.24, 2.45) is 0 Å². The molecule has 0 aliphatic carbocycles. The second-order valence-electron chi connectivity index (χ2n) is 5.04. The van der Waals surface area contributed by atoms with E-state index in [-0.39, 0.29) is 6.04 Å². The Morgan fingerprint density at radius 1 is 1.48 bits per heavy atom. The van der Waals surface area contributed by atoms with Crippen LogP contribution in [0.15, 0.2) is 24.5 Å². The Kier molecular flexibility index (Phi) is 3.47. The lowest BCUT2D eigenvalue weighted by molar-refractivity contribution is 0.167. The van der Waals surface area contributed by atoms with E-state index >= 15 is 0 Å². The molecule has 1 aromatic carbocycles. The van der Waals surface area contributed by atoms with E-state index in [4.69, 9.17) is 5.73 Å². The average molecular weight is 287 g/mol. The van der Waals surface area contributed by atoms with Crippen LogP contribution in [0.1, 0.15) is 6.42 Å². The van der Waals surface area contributed by atoms with Crippen molar-refractivity contribution in [1.29, 1.82) is 0 Å². The number of amides is 1. The molecule has 1 unspecified atom stereocenters. The highest BCUT2D eigenvalue weighted by atomic mass is 16.5. The second kappa shape index (κ2) is 5.43. The fourth-order valence-corrected chi connectivity index (χ4v) is 2.61. The molecule has 1 fully saturated rings. The van der Waals surface area contributed by atoms with Gasteiger partial charge in [0, 0.05) is 24.2 Å². The largest absolute Gasteiger partial charge is 0.453 e. The molecule has 1 atom stereocenters. The summed E-state index contributed by atoms with van der Waals surface area (Å²) in [7, 11) is 1.37. The topological polar surface area (TPSA) is 93.4 Å². The third-order valence-electron chi connectivity index (χ3n) is 3.63. The van der Waals surface area contributed by atoms with Crippen LogP contribution in [0.5, 0.6) is 0 Å². The number of fused-ring (bicyclic) bond motifs is 1. The molecule has 3 N–H and O–H groups in total. The quantitative estimate of drug-likeness (QED) is 0.805. The number of aromatic nitrogens is 2. The number of hydrogen-bond donors (Lipinski definition) is 2. The van der Waals surface area contributed by atoms with Crippen LogP contribution >= 0.6 is 0 Å². The van der Waals surface area contributed by atoms with E-state index in [1.54, 1.807) is 0 Å². The van der Waals surface area contributed by atoms with Gasteiger partial charge in [0.05, 0.1) is 18.7 Å². The van der Waals surface area contributed by atoms with E-state index in [0.717, 1.165) is 29.7 Å². The number of anilines is 2. The van der Waals surface area contributed by atoms with Crippen molar-refractivity contribution < 1.29 is 9.53 Å². The molecule has 0 saturated carbocycles. The van der Waals surface area contributed by atoms with E-state index < -0.39 is 6.09 Å². The summed E-state index contributed by atoms with van der Waals surface area (Å²) in [6.07, 6.45) is 2.00. The molecule has 2 aromatic rings. The lowest BCUT2D eigenvalue weighted by Gasteiger charge is -2.19. The van der Waals surface area contributed by atoms with Gasteiger partial charge < -0.3 is 20.7 Å². The maximum atomic E-state index is 11.3. The molecule has 0 spiro atoms. The minimum absolute atomic E-state index is 0.0660. The van der Waals surface area contributed by atoms with Crippen LogP contribution in [0, 0.1) is 0 Å². The van der Waals surface area contributed by atoms with Gasteiger partial charge in [0.1, 0.15) is 12.1 Å². The number of nitrogens with two attached hydrogens (primary N) is 1. The molecule has 0 radical (unpaired) electrons. The molecule has 3 rings (SSSR count). The summed E-state index contributed by atoms with van der Waals surface area (Å²) in [4.78, 5) is 22.0. The molecular weight excluding hydrogens is 270 g/mol. The van der Waals surface area contributed by atoms with Crippen molar-refractivity contribution >= 4 is 28.5 Å². The third-order valence-corrected chi connectivity index (χ3v) is 3.63. The van der Waals surface area contributed by atoms with Crippen molar-refractivity contribution in [2.75, 3.05) is 30.8 Å². The number of carbonyl (C=O) groups excluding carboxylic acids is 1.